The van der Waals surface area contributed by atoms with E-state index in [4.69, 9.17) is 0 Å². The Kier molecular flexibility index (Phi) is 3.29. The van der Waals surface area contributed by atoms with Crippen molar-refractivity contribution in [1.29, 1.82) is 0 Å². The van der Waals surface area contributed by atoms with Crippen LogP contribution < -0.4 is 5.32 Å². The molecule has 1 saturated carbocycles. The number of phenols is 2. The summed E-state index contributed by atoms with van der Waals surface area (Å²) in [6.45, 7) is 1.26. The maximum absolute atomic E-state index is 12.1. The number of nitrogens with one attached hydrogen (secondary N) is 1. The minimum absolute atomic E-state index is 0.0295. The van der Waals surface area contributed by atoms with Crippen molar-refractivity contribution in [3.05, 3.63) is 42.2 Å². The molecule has 2 aromatic rings. The van der Waals surface area contributed by atoms with Gasteiger partial charge in [0.05, 0.1) is 0 Å². The summed E-state index contributed by atoms with van der Waals surface area (Å²) in [6, 6.07) is 6.12. The van der Waals surface area contributed by atoms with Crippen LogP contribution >= 0.6 is 0 Å². The van der Waals surface area contributed by atoms with Gasteiger partial charge in [0.15, 0.2) is 0 Å². The average Bonchev–Trinajstić information content (AvgIpc) is 3.01. The van der Waals surface area contributed by atoms with Crippen molar-refractivity contribution >= 4 is 5.91 Å². The standard InChI is InChI=1S/C15H17N3O3/c19-11-3-1-4-12(20)13(11)14(21)16-9-15(5-6-15)10-18-8-2-7-17-18/h1-4,7-8,19-20H,5-6,9-10H2,(H,16,21). The molecule has 110 valence electrons. The molecule has 0 unspecified atom stereocenters. The van der Waals surface area contributed by atoms with Crippen LogP contribution in [0.25, 0.3) is 0 Å². The highest BCUT2D eigenvalue weighted by Gasteiger charge is 2.43. The molecule has 0 radical (unpaired) electrons. The lowest BCUT2D eigenvalue weighted by atomic mass is 10.1. The van der Waals surface area contributed by atoms with E-state index >= 15 is 0 Å². The lowest BCUT2D eigenvalue weighted by molar-refractivity contribution is 0.0937. The Morgan fingerprint density at radius 2 is 2.00 bits per heavy atom. The second-order valence-electron chi connectivity index (χ2n) is 5.56. The molecule has 1 aliphatic carbocycles. The number of aromatic nitrogens is 2. The first kappa shape index (κ1) is 13.5. The quantitative estimate of drug-likeness (QED) is 0.777. The Bertz CT molecular complexity index is 628. The summed E-state index contributed by atoms with van der Waals surface area (Å²) in [5.74, 6) is -0.897. The number of phenolic OH excluding ortho intramolecular Hbond substituents is 2. The van der Waals surface area contributed by atoms with E-state index in [1.807, 2.05) is 16.9 Å². The minimum Gasteiger partial charge on any atom is -0.507 e. The lowest BCUT2D eigenvalue weighted by Gasteiger charge is -2.16. The highest BCUT2D eigenvalue weighted by Crippen LogP contribution is 2.46. The molecule has 3 N–H and O–H groups in total. The summed E-state index contributed by atoms with van der Waals surface area (Å²) < 4.78 is 1.86. The Morgan fingerprint density at radius 3 is 2.57 bits per heavy atom. The van der Waals surface area contributed by atoms with E-state index < -0.39 is 5.91 Å². The van der Waals surface area contributed by atoms with Gasteiger partial charge in [-0.15, -0.1) is 0 Å². The van der Waals surface area contributed by atoms with Gasteiger partial charge >= 0.3 is 0 Å². The average molecular weight is 287 g/mol. The van der Waals surface area contributed by atoms with Crippen LogP contribution in [0.2, 0.25) is 0 Å². The second kappa shape index (κ2) is 5.12. The summed E-state index contributed by atoms with van der Waals surface area (Å²) >= 11 is 0. The Morgan fingerprint density at radius 1 is 1.29 bits per heavy atom. The molecular weight excluding hydrogens is 270 g/mol. The molecule has 0 saturated heterocycles. The van der Waals surface area contributed by atoms with Gasteiger partial charge < -0.3 is 15.5 Å². The number of hydrogen-bond acceptors (Lipinski definition) is 4. The lowest BCUT2D eigenvalue weighted by Crippen LogP contribution is -2.32. The number of carbonyl (C=O) groups excluding carboxylic acids is 1. The van der Waals surface area contributed by atoms with Crippen LogP contribution in [0, 0.1) is 5.41 Å². The van der Waals surface area contributed by atoms with Gasteiger partial charge in [0, 0.05) is 30.9 Å². The van der Waals surface area contributed by atoms with Crippen molar-refractivity contribution in [2.45, 2.75) is 19.4 Å². The third kappa shape index (κ3) is 2.84. The van der Waals surface area contributed by atoms with Crippen molar-refractivity contribution in [3.63, 3.8) is 0 Å². The predicted molar refractivity (Wildman–Crippen MR) is 76.0 cm³/mol. The third-order valence-electron chi connectivity index (χ3n) is 3.89. The van der Waals surface area contributed by atoms with Crippen molar-refractivity contribution in [2.75, 3.05) is 6.54 Å². The molecule has 1 aromatic carbocycles. The summed E-state index contributed by atoms with van der Waals surface area (Å²) in [5, 5.41) is 26.3. The molecule has 6 nitrogen and oxygen atoms in total. The first-order chi connectivity index (χ1) is 10.1. The molecule has 0 spiro atoms. The predicted octanol–water partition coefficient (Wildman–Crippen LogP) is 1.50. The van der Waals surface area contributed by atoms with E-state index in [2.05, 4.69) is 10.4 Å². The van der Waals surface area contributed by atoms with Crippen LogP contribution in [0.4, 0.5) is 0 Å². The Labute approximate surface area is 122 Å². The van der Waals surface area contributed by atoms with E-state index in [1.165, 1.54) is 18.2 Å². The van der Waals surface area contributed by atoms with Crippen molar-refractivity contribution < 1.29 is 15.0 Å². The molecule has 1 aliphatic rings. The molecule has 3 rings (SSSR count). The zero-order valence-corrected chi connectivity index (χ0v) is 11.5. The second-order valence-corrected chi connectivity index (χ2v) is 5.56. The topological polar surface area (TPSA) is 87.4 Å². The Hall–Kier alpha value is -2.50. The third-order valence-corrected chi connectivity index (χ3v) is 3.89. The maximum Gasteiger partial charge on any atom is 0.258 e. The van der Waals surface area contributed by atoms with Crippen LogP contribution in [0.15, 0.2) is 36.7 Å². The summed E-state index contributed by atoms with van der Waals surface area (Å²) in [6.07, 6.45) is 5.69. The summed E-state index contributed by atoms with van der Waals surface area (Å²) in [4.78, 5) is 12.1. The number of amides is 1. The SMILES string of the molecule is O=C(NCC1(Cn2cccn2)CC1)c1c(O)cccc1O. The number of carbonyl (C=O) groups is 1. The van der Waals surface area contributed by atoms with Crippen LogP contribution in [-0.4, -0.2) is 32.4 Å². The van der Waals surface area contributed by atoms with Gasteiger partial charge in [-0.05, 0) is 31.0 Å². The normalized spacial score (nSPS) is 15.6. The van der Waals surface area contributed by atoms with Gasteiger partial charge in [0.2, 0.25) is 0 Å². The van der Waals surface area contributed by atoms with Crippen molar-refractivity contribution in [1.82, 2.24) is 15.1 Å². The van der Waals surface area contributed by atoms with E-state index in [0.717, 1.165) is 19.4 Å². The largest absolute Gasteiger partial charge is 0.507 e. The number of rotatable bonds is 5. The van der Waals surface area contributed by atoms with Gasteiger partial charge in [-0.25, -0.2) is 0 Å². The smallest absolute Gasteiger partial charge is 0.258 e. The van der Waals surface area contributed by atoms with Crippen LogP contribution in [0.5, 0.6) is 11.5 Å². The van der Waals surface area contributed by atoms with E-state index in [9.17, 15) is 15.0 Å². The Balaban J connectivity index is 1.64. The fourth-order valence-electron chi connectivity index (χ4n) is 2.42. The minimum atomic E-state index is -0.461. The fourth-order valence-corrected chi connectivity index (χ4v) is 2.42. The maximum atomic E-state index is 12.1. The molecular formula is C15H17N3O3. The first-order valence-corrected chi connectivity index (χ1v) is 6.86. The van der Waals surface area contributed by atoms with E-state index in [1.54, 1.807) is 6.20 Å². The molecule has 0 bridgehead atoms. The number of aromatic hydroxyl groups is 2. The summed E-state index contributed by atoms with van der Waals surface area (Å²) in [7, 11) is 0. The molecule has 1 aromatic heterocycles. The van der Waals surface area contributed by atoms with E-state index in [0.29, 0.717) is 6.54 Å². The number of benzene rings is 1. The van der Waals surface area contributed by atoms with Gasteiger partial charge in [0.25, 0.3) is 5.91 Å². The molecule has 21 heavy (non-hydrogen) atoms. The van der Waals surface area contributed by atoms with Crippen molar-refractivity contribution in [3.8, 4) is 11.5 Å². The molecule has 1 heterocycles. The molecule has 0 atom stereocenters. The van der Waals surface area contributed by atoms with Crippen LogP contribution in [0.3, 0.4) is 0 Å². The zero-order valence-electron chi connectivity index (χ0n) is 11.5. The van der Waals surface area contributed by atoms with Gasteiger partial charge in [0.1, 0.15) is 17.1 Å². The van der Waals surface area contributed by atoms with Gasteiger partial charge in [-0.1, -0.05) is 6.07 Å². The van der Waals surface area contributed by atoms with Crippen LogP contribution in [0.1, 0.15) is 23.2 Å². The van der Waals surface area contributed by atoms with Crippen molar-refractivity contribution in [2.24, 2.45) is 5.41 Å². The number of nitrogens with zero attached hydrogens (tertiary/aromatic N) is 2. The van der Waals surface area contributed by atoms with Crippen LogP contribution in [-0.2, 0) is 6.54 Å². The van der Waals surface area contributed by atoms with Gasteiger partial charge in [-0.2, -0.15) is 5.10 Å². The molecule has 0 aliphatic heterocycles. The zero-order chi connectivity index (χ0) is 14.9. The first-order valence-electron chi connectivity index (χ1n) is 6.86. The number of hydrogen-bond donors (Lipinski definition) is 3. The molecule has 1 amide bonds. The summed E-state index contributed by atoms with van der Waals surface area (Å²) in [5.41, 5.74) is -0.0470. The molecule has 1 fully saturated rings. The highest BCUT2D eigenvalue weighted by molar-refractivity contribution is 5.99. The molecule has 6 heteroatoms. The highest BCUT2D eigenvalue weighted by atomic mass is 16.3. The fraction of sp³-hybridized carbons (Fsp3) is 0.333. The monoisotopic (exact) mass is 287 g/mol. The van der Waals surface area contributed by atoms with E-state index in [-0.39, 0.29) is 22.5 Å². The van der Waals surface area contributed by atoms with Gasteiger partial charge in [-0.3, -0.25) is 9.48 Å².